The van der Waals surface area contributed by atoms with Crippen molar-refractivity contribution in [1.82, 2.24) is 4.90 Å². The number of anilines is 1. The number of carbonyl (C=O) groups excluding carboxylic acids is 2. The second-order valence-corrected chi connectivity index (χ2v) is 8.00. The molecule has 0 unspecified atom stereocenters. The minimum Gasteiger partial charge on any atom is -0.454 e. The lowest BCUT2D eigenvalue weighted by Gasteiger charge is -2.31. The molecule has 3 aromatic rings. The van der Waals surface area contributed by atoms with Crippen molar-refractivity contribution in [3.63, 3.8) is 0 Å². The van der Waals surface area contributed by atoms with E-state index >= 15 is 0 Å². The van der Waals surface area contributed by atoms with E-state index in [2.05, 4.69) is 5.32 Å². The van der Waals surface area contributed by atoms with Crippen LogP contribution in [-0.4, -0.2) is 29.8 Å². The highest BCUT2D eigenvalue weighted by atomic mass is 35.5. The van der Waals surface area contributed by atoms with Crippen LogP contribution >= 0.6 is 11.6 Å². The third-order valence-corrected chi connectivity index (χ3v) is 5.76. The van der Waals surface area contributed by atoms with Crippen molar-refractivity contribution in [1.29, 1.82) is 0 Å². The van der Waals surface area contributed by atoms with Gasteiger partial charge in [-0.15, -0.1) is 0 Å². The Hall–Kier alpha value is -3.38. The summed E-state index contributed by atoms with van der Waals surface area (Å²) in [5.74, 6) is 0.133. The molecule has 1 saturated heterocycles. The minimum absolute atomic E-state index is 0.117. The van der Waals surface area contributed by atoms with Crippen LogP contribution < -0.4 is 10.1 Å². The number of nitrogens with one attached hydrogen (secondary N) is 1. The van der Waals surface area contributed by atoms with Gasteiger partial charge in [-0.3, -0.25) is 9.59 Å². The van der Waals surface area contributed by atoms with Crippen LogP contribution in [0.15, 0.2) is 72.8 Å². The van der Waals surface area contributed by atoms with E-state index in [4.69, 9.17) is 16.3 Å². The summed E-state index contributed by atoms with van der Waals surface area (Å²) in [6.07, 6.45) is 1.10. The van der Waals surface area contributed by atoms with E-state index in [0.717, 1.165) is 0 Å². The molecular formula is C25H22ClFN2O3. The summed E-state index contributed by atoms with van der Waals surface area (Å²) in [7, 11) is 0. The number of hydrogen-bond donors (Lipinski definition) is 1. The monoisotopic (exact) mass is 452 g/mol. The summed E-state index contributed by atoms with van der Waals surface area (Å²) in [4.78, 5) is 27.2. The largest absolute Gasteiger partial charge is 0.454 e. The summed E-state index contributed by atoms with van der Waals surface area (Å²) in [6, 6.07) is 19.8. The number of nitrogens with zero attached hydrogens (tertiary/aromatic N) is 1. The van der Waals surface area contributed by atoms with E-state index < -0.39 is 0 Å². The number of likely N-dealkylation sites (tertiary alicyclic amines) is 1. The molecule has 7 heteroatoms. The molecule has 0 atom stereocenters. The third-order valence-electron chi connectivity index (χ3n) is 5.45. The van der Waals surface area contributed by atoms with Crippen molar-refractivity contribution in [2.24, 2.45) is 5.92 Å². The van der Waals surface area contributed by atoms with Crippen molar-refractivity contribution in [2.75, 3.05) is 18.4 Å². The Balaban J connectivity index is 1.37. The molecular weight excluding hydrogens is 431 g/mol. The molecule has 1 aliphatic rings. The van der Waals surface area contributed by atoms with E-state index in [9.17, 15) is 14.0 Å². The number of ether oxygens (including phenoxy) is 1. The van der Waals surface area contributed by atoms with Crippen LogP contribution in [0.5, 0.6) is 11.5 Å². The van der Waals surface area contributed by atoms with Gasteiger partial charge in [0.2, 0.25) is 5.91 Å². The van der Waals surface area contributed by atoms with Gasteiger partial charge in [-0.25, -0.2) is 4.39 Å². The SMILES string of the molecule is O=C(Nc1ccccc1Oc1ccccc1Cl)C1CCN(C(=O)c2ccc(F)cc2)CC1. The molecule has 0 spiro atoms. The lowest BCUT2D eigenvalue weighted by atomic mass is 9.95. The molecule has 0 saturated carbocycles. The van der Waals surface area contributed by atoms with Gasteiger partial charge in [-0.05, 0) is 61.4 Å². The fourth-order valence-electron chi connectivity index (χ4n) is 3.66. The first-order chi connectivity index (χ1) is 15.5. The molecule has 2 amide bonds. The van der Waals surface area contributed by atoms with Crippen molar-refractivity contribution < 1.29 is 18.7 Å². The highest BCUT2D eigenvalue weighted by Gasteiger charge is 2.28. The van der Waals surface area contributed by atoms with Crippen molar-refractivity contribution in [3.05, 3.63) is 89.2 Å². The molecule has 1 N–H and O–H groups in total. The van der Waals surface area contributed by atoms with Crippen LogP contribution in [0.4, 0.5) is 10.1 Å². The van der Waals surface area contributed by atoms with Crippen LogP contribution in [0.25, 0.3) is 0 Å². The Morgan fingerprint density at radius 1 is 0.906 bits per heavy atom. The Morgan fingerprint density at radius 2 is 1.53 bits per heavy atom. The molecule has 5 nitrogen and oxygen atoms in total. The minimum atomic E-state index is -0.379. The number of para-hydroxylation sites is 3. The van der Waals surface area contributed by atoms with E-state index in [-0.39, 0.29) is 23.5 Å². The second kappa shape index (κ2) is 9.83. The first-order valence-corrected chi connectivity index (χ1v) is 10.8. The number of rotatable bonds is 5. The van der Waals surface area contributed by atoms with Gasteiger partial charge < -0.3 is 15.0 Å². The first kappa shape index (κ1) is 21.8. The summed E-state index contributed by atoms with van der Waals surface area (Å²) in [5, 5.41) is 3.43. The van der Waals surface area contributed by atoms with Crippen LogP contribution in [0.2, 0.25) is 5.02 Å². The normalized spacial score (nSPS) is 14.1. The lowest BCUT2D eigenvalue weighted by Crippen LogP contribution is -2.41. The topological polar surface area (TPSA) is 58.6 Å². The van der Waals surface area contributed by atoms with Crippen LogP contribution in [0.3, 0.4) is 0 Å². The average Bonchev–Trinajstić information content (AvgIpc) is 2.82. The van der Waals surface area contributed by atoms with Gasteiger partial charge in [0.25, 0.3) is 5.91 Å². The zero-order chi connectivity index (χ0) is 22.5. The fourth-order valence-corrected chi connectivity index (χ4v) is 3.83. The number of hydrogen-bond acceptors (Lipinski definition) is 3. The van der Waals surface area contributed by atoms with Crippen molar-refractivity contribution >= 4 is 29.1 Å². The van der Waals surface area contributed by atoms with Gasteiger partial charge in [0.15, 0.2) is 5.75 Å². The van der Waals surface area contributed by atoms with Crippen molar-refractivity contribution in [3.8, 4) is 11.5 Å². The van der Waals surface area contributed by atoms with E-state index in [1.807, 2.05) is 24.3 Å². The zero-order valence-corrected chi connectivity index (χ0v) is 18.0. The number of carbonyl (C=O) groups is 2. The van der Waals surface area contributed by atoms with E-state index in [1.54, 1.807) is 29.2 Å². The molecule has 4 rings (SSSR count). The first-order valence-electron chi connectivity index (χ1n) is 10.4. The number of halogens is 2. The maximum absolute atomic E-state index is 13.1. The molecule has 1 heterocycles. The Morgan fingerprint density at radius 3 is 2.22 bits per heavy atom. The number of benzene rings is 3. The zero-order valence-electron chi connectivity index (χ0n) is 17.3. The lowest BCUT2D eigenvalue weighted by molar-refractivity contribution is -0.121. The number of piperidine rings is 1. The molecule has 0 aliphatic carbocycles. The van der Waals surface area contributed by atoms with Gasteiger partial charge in [-0.2, -0.15) is 0 Å². The molecule has 164 valence electrons. The molecule has 1 aliphatic heterocycles. The van der Waals surface area contributed by atoms with Crippen LogP contribution in [0, 0.1) is 11.7 Å². The summed E-state index contributed by atoms with van der Waals surface area (Å²) < 4.78 is 19.0. The highest BCUT2D eigenvalue weighted by molar-refractivity contribution is 6.32. The number of amides is 2. The third kappa shape index (κ3) is 5.08. The standard InChI is InChI=1S/C25H22ClFN2O3/c26-20-5-1-3-7-22(20)32-23-8-4-2-6-21(23)28-24(30)17-13-15-29(16-14-17)25(31)18-9-11-19(27)12-10-18/h1-12,17H,13-16H2,(H,28,30). The summed E-state index contributed by atoms with van der Waals surface area (Å²) in [5.41, 5.74) is 1.00. The molecule has 0 radical (unpaired) electrons. The van der Waals surface area contributed by atoms with Crippen LogP contribution in [0.1, 0.15) is 23.2 Å². The molecule has 32 heavy (non-hydrogen) atoms. The Labute approximate surface area is 190 Å². The quantitative estimate of drug-likeness (QED) is 0.535. The highest BCUT2D eigenvalue weighted by Crippen LogP contribution is 2.34. The van der Waals surface area contributed by atoms with Gasteiger partial charge in [0, 0.05) is 24.6 Å². The molecule has 3 aromatic carbocycles. The molecule has 0 aromatic heterocycles. The smallest absolute Gasteiger partial charge is 0.253 e. The predicted octanol–water partition coefficient (Wildman–Crippen LogP) is 5.76. The predicted molar refractivity (Wildman–Crippen MR) is 122 cm³/mol. The van der Waals surface area contributed by atoms with Gasteiger partial charge in [-0.1, -0.05) is 35.9 Å². The Bertz CT molecular complexity index is 1110. The van der Waals surface area contributed by atoms with Gasteiger partial charge in [0.05, 0.1) is 10.7 Å². The average molecular weight is 453 g/mol. The maximum atomic E-state index is 13.1. The Kier molecular flexibility index (Phi) is 6.71. The van der Waals surface area contributed by atoms with E-state index in [1.165, 1.54) is 24.3 Å². The molecule has 1 fully saturated rings. The van der Waals surface area contributed by atoms with Crippen LogP contribution in [-0.2, 0) is 4.79 Å². The second-order valence-electron chi connectivity index (χ2n) is 7.59. The maximum Gasteiger partial charge on any atom is 0.253 e. The molecule has 0 bridgehead atoms. The summed E-state index contributed by atoms with van der Waals surface area (Å²) in [6.45, 7) is 0.929. The summed E-state index contributed by atoms with van der Waals surface area (Å²) >= 11 is 6.18. The van der Waals surface area contributed by atoms with Gasteiger partial charge >= 0.3 is 0 Å². The fraction of sp³-hybridized carbons (Fsp3) is 0.200. The van der Waals surface area contributed by atoms with E-state index in [0.29, 0.717) is 53.7 Å². The van der Waals surface area contributed by atoms with Crippen molar-refractivity contribution in [2.45, 2.75) is 12.8 Å². The van der Waals surface area contributed by atoms with Gasteiger partial charge in [0.1, 0.15) is 11.6 Å².